The summed E-state index contributed by atoms with van der Waals surface area (Å²) in [6.45, 7) is 5.66. The molecule has 3 atom stereocenters. The van der Waals surface area contributed by atoms with E-state index in [1.54, 1.807) is 31.3 Å². The van der Waals surface area contributed by atoms with Gasteiger partial charge in [-0.05, 0) is 42.7 Å². The van der Waals surface area contributed by atoms with Crippen molar-refractivity contribution in [2.75, 3.05) is 24.6 Å². The van der Waals surface area contributed by atoms with Crippen LogP contribution in [0.4, 0.5) is 18.9 Å². The van der Waals surface area contributed by atoms with E-state index in [-0.39, 0.29) is 35.1 Å². The molecule has 7 nitrogen and oxygen atoms in total. The molecule has 4 heterocycles. The molecule has 0 amide bonds. The van der Waals surface area contributed by atoms with Crippen molar-refractivity contribution < 1.29 is 17.9 Å². The number of halogens is 3. The Morgan fingerprint density at radius 2 is 1.89 bits per heavy atom. The summed E-state index contributed by atoms with van der Waals surface area (Å²) in [4.78, 5) is 22.2. The number of aromatic nitrogens is 2. The first-order chi connectivity index (χ1) is 17.7. The molecule has 2 aliphatic heterocycles. The van der Waals surface area contributed by atoms with Gasteiger partial charge in [-0.2, -0.15) is 18.4 Å². The predicted octanol–water partition coefficient (Wildman–Crippen LogP) is 4.64. The van der Waals surface area contributed by atoms with Gasteiger partial charge in [0.1, 0.15) is 29.6 Å². The smallest absolute Gasteiger partial charge is 0.416 e. The lowest BCUT2D eigenvalue weighted by molar-refractivity contribution is -0.137. The second kappa shape index (κ2) is 9.38. The highest BCUT2D eigenvalue weighted by Crippen LogP contribution is 2.41. The van der Waals surface area contributed by atoms with Crippen LogP contribution in [0.1, 0.15) is 49.6 Å². The normalized spacial score (nSPS) is 20.6. The molecule has 2 aromatic heterocycles. The quantitative estimate of drug-likeness (QED) is 0.508. The lowest BCUT2D eigenvalue weighted by atomic mass is 9.94. The molecule has 0 radical (unpaired) electrons. The predicted molar refractivity (Wildman–Crippen MR) is 134 cm³/mol. The molecule has 0 spiro atoms. The van der Waals surface area contributed by atoms with E-state index in [1.165, 1.54) is 4.57 Å². The number of pyridine rings is 2. The standard InChI is InChI=1S/C27H28F3N5O2/c1-4-19-13-35-20(14-34(19)21(5-2)16-6-8-17(9-7-16)27(28,29)30)15-37-25-24(35)23-22(33(3)26(25)36)11-10-18(12-31)32-23/h6-11,19-21H,4-5,13-15H2,1-3H3/t19-,20+,21+/m1/s1. The third-order valence-electron chi connectivity index (χ3n) is 7.62. The van der Waals surface area contributed by atoms with Gasteiger partial charge < -0.3 is 14.2 Å². The molecule has 0 unspecified atom stereocenters. The highest BCUT2D eigenvalue weighted by molar-refractivity contribution is 5.93. The zero-order valence-electron chi connectivity index (χ0n) is 20.9. The highest BCUT2D eigenvalue weighted by atomic mass is 19.4. The second-order valence-electron chi connectivity index (χ2n) is 9.64. The Morgan fingerprint density at radius 3 is 2.51 bits per heavy atom. The second-order valence-corrected chi connectivity index (χ2v) is 9.64. The van der Waals surface area contributed by atoms with E-state index >= 15 is 0 Å². The number of anilines is 1. The van der Waals surface area contributed by atoms with Crippen LogP contribution in [-0.2, 0) is 13.2 Å². The number of rotatable bonds is 4. The van der Waals surface area contributed by atoms with Crippen molar-refractivity contribution in [1.82, 2.24) is 14.5 Å². The third-order valence-corrected chi connectivity index (χ3v) is 7.62. The Labute approximate surface area is 212 Å². The maximum absolute atomic E-state index is 13.1. The van der Waals surface area contributed by atoms with Crippen LogP contribution in [0.3, 0.4) is 0 Å². The Bertz CT molecular complexity index is 1430. The van der Waals surface area contributed by atoms with Gasteiger partial charge in [-0.1, -0.05) is 26.0 Å². The van der Waals surface area contributed by atoms with Crippen molar-refractivity contribution in [3.63, 3.8) is 0 Å². The summed E-state index contributed by atoms with van der Waals surface area (Å²) in [5, 5.41) is 9.44. The number of aryl methyl sites for hydroxylation is 1. The monoisotopic (exact) mass is 511 g/mol. The molecule has 3 aromatic rings. The lowest BCUT2D eigenvalue weighted by Crippen LogP contribution is -2.62. The van der Waals surface area contributed by atoms with Gasteiger partial charge in [-0.15, -0.1) is 0 Å². The molecule has 5 rings (SSSR count). The van der Waals surface area contributed by atoms with Gasteiger partial charge in [0, 0.05) is 32.2 Å². The fourth-order valence-electron chi connectivity index (χ4n) is 5.70. The molecular weight excluding hydrogens is 483 g/mol. The third kappa shape index (κ3) is 4.21. The fraction of sp³-hybridized carbons (Fsp3) is 0.444. The van der Waals surface area contributed by atoms with Crippen molar-refractivity contribution in [2.45, 2.75) is 51.0 Å². The summed E-state index contributed by atoms with van der Waals surface area (Å²) in [5.41, 5.74) is 2.00. The zero-order chi connectivity index (χ0) is 26.5. The minimum absolute atomic E-state index is 0.0560. The molecule has 1 aromatic carbocycles. The first-order valence-corrected chi connectivity index (χ1v) is 12.4. The molecule has 0 N–H and O–H groups in total. The molecule has 0 aliphatic carbocycles. The summed E-state index contributed by atoms with van der Waals surface area (Å²) < 4.78 is 46.9. The highest BCUT2D eigenvalue weighted by Gasteiger charge is 2.42. The van der Waals surface area contributed by atoms with Crippen LogP contribution in [0.2, 0.25) is 0 Å². The van der Waals surface area contributed by atoms with E-state index in [1.807, 2.05) is 6.92 Å². The Balaban J connectivity index is 1.53. The number of alkyl halides is 3. The molecule has 0 saturated carbocycles. The maximum atomic E-state index is 13.1. The molecule has 1 fully saturated rings. The summed E-state index contributed by atoms with van der Waals surface area (Å²) in [5.74, 6) is 0.243. The number of piperazine rings is 1. The number of fused-ring (bicyclic) bond motifs is 5. The minimum atomic E-state index is -4.37. The SMILES string of the molecule is CC[C@@H]1CN2c3c(c(=O)n(C)c4ccc(C#N)nc34)OC[C@@H]2CN1[C@@H](CC)c1ccc(C(F)(F)F)cc1. The lowest BCUT2D eigenvalue weighted by Gasteiger charge is -2.51. The fourth-order valence-corrected chi connectivity index (χ4v) is 5.70. The van der Waals surface area contributed by atoms with Crippen LogP contribution < -0.4 is 15.2 Å². The van der Waals surface area contributed by atoms with Gasteiger partial charge >= 0.3 is 6.18 Å². The number of ether oxygens (including phenoxy) is 1. The molecular formula is C27H28F3N5O2. The van der Waals surface area contributed by atoms with Crippen molar-refractivity contribution >= 4 is 16.7 Å². The molecule has 0 bridgehead atoms. The maximum Gasteiger partial charge on any atom is 0.416 e. The summed E-state index contributed by atoms with van der Waals surface area (Å²) in [6, 6.07) is 10.8. The minimum Gasteiger partial charge on any atom is -0.484 e. The average molecular weight is 512 g/mol. The van der Waals surface area contributed by atoms with Crippen molar-refractivity contribution in [3.05, 3.63) is 63.6 Å². The Kier molecular flexibility index (Phi) is 6.36. The first kappa shape index (κ1) is 25.1. The number of benzene rings is 1. The number of hydrogen-bond acceptors (Lipinski definition) is 6. The first-order valence-electron chi connectivity index (χ1n) is 12.4. The zero-order valence-corrected chi connectivity index (χ0v) is 20.9. The molecule has 10 heteroatoms. The summed E-state index contributed by atoms with van der Waals surface area (Å²) in [7, 11) is 1.66. The summed E-state index contributed by atoms with van der Waals surface area (Å²) >= 11 is 0. The van der Waals surface area contributed by atoms with Crippen molar-refractivity contribution in [2.24, 2.45) is 7.05 Å². The summed E-state index contributed by atoms with van der Waals surface area (Å²) in [6.07, 6.45) is -2.82. The van der Waals surface area contributed by atoms with Gasteiger partial charge in [0.2, 0.25) is 5.75 Å². The van der Waals surface area contributed by atoms with Gasteiger partial charge in [0.05, 0.1) is 17.1 Å². The van der Waals surface area contributed by atoms with E-state index in [0.29, 0.717) is 36.4 Å². The largest absolute Gasteiger partial charge is 0.484 e. The van der Waals surface area contributed by atoms with Crippen molar-refractivity contribution in [1.29, 1.82) is 5.26 Å². The molecule has 2 aliphatic rings. The number of hydrogen-bond donors (Lipinski definition) is 0. The van der Waals surface area contributed by atoms with Crippen molar-refractivity contribution in [3.8, 4) is 11.8 Å². The van der Waals surface area contributed by atoms with Gasteiger partial charge in [-0.25, -0.2) is 4.98 Å². The Morgan fingerprint density at radius 1 is 1.16 bits per heavy atom. The topological polar surface area (TPSA) is 74.4 Å². The molecule has 1 saturated heterocycles. The van der Waals surface area contributed by atoms with Crippen LogP contribution >= 0.6 is 0 Å². The van der Waals surface area contributed by atoms with E-state index < -0.39 is 11.7 Å². The average Bonchev–Trinajstić information content (AvgIpc) is 2.90. The van der Waals surface area contributed by atoms with E-state index in [4.69, 9.17) is 4.74 Å². The van der Waals surface area contributed by atoms with Crippen LogP contribution in [0, 0.1) is 11.3 Å². The van der Waals surface area contributed by atoms with E-state index in [9.17, 15) is 23.2 Å². The van der Waals surface area contributed by atoms with Crippen LogP contribution in [-0.4, -0.2) is 46.2 Å². The van der Waals surface area contributed by atoms with Crippen LogP contribution in [0.15, 0.2) is 41.2 Å². The van der Waals surface area contributed by atoms with Gasteiger partial charge in [0.25, 0.3) is 5.56 Å². The Hall–Kier alpha value is -3.58. The number of nitrogens with zero attached hydrogens (tertiary/aromatic N) is 5. The van der Waals surface area contributed by atoms with Gasteiger partial charge in [0.15, 0.2) is 0 Å². The van der Waals surface area contributed by atoms with Crippen LogP contribution in [0.25, 0.3) is 11.0 Å². The molecule has 194 valence electrons. The van der Waals surface area contributed by atoms with E-state index in [2.05, 4.69) is 27.8 Å². The van der Waals surface area contributed by atoms with Gasteiger partial charge in [-0.3, -0.25) is 9.69 Å². The van der Waals surface area contributed by atoms with Crippen LogP contribution in [0.5, 0.6) is 5.75 Å². The van der Waals surface area contributed by atoms with E-state index in [0.717, 1.165) is 30.5 Å². The number of nitriles is 1. The molecule has 37 heavy (non-hydrogen) atoms.